The van der Waals surface area contributed by atoms with Gasteiger partial charge in [-0.25, -0.2) is 15.0 Å². The van der Waals surface area contributed by atoms with Crippen molar-refractivity contribution in [2.45, 2.75) is 23.2 Å². The maximum atomic E-state index is 12.8. The number of hydrogen-bond acceptors (Lipinski definition) is 5. The first-order chi connectivity index (χ1) is 9.49. The van der Waals surface area contributed by atoms with Crippen molar-refractivity contribution in [3.63, 3.8) is 0 Å². The molecule has 0 saturated carbocycles. The zero-order valence-electron chi connectivity index (χ0n) is 10.5. The Kier molecular flexibility index (Phi) is 4.43. The van der Waals surface area contributed by atoms with Gasteiger partial charge in [-0.2, -0.15) is 13.2 Å². The van der Waals surface area contributed by atoms with Crippen molar-refractivity contribution >= 4 is 17.6 Å². The van der Waals surface area contributed by atoms with E-state index >= 15 is 0 Å². The first-order valence-corrected chi connectivity index (χ1v) is 6.57. The number of nitrogens with one attached hydrogen (secondary N) is 1. The van der Waals surface area contributed by atoms with Gasteiger partial charge in [-0.1, -0.05) is 0 Å². The summed E-state index contributed by atoms with van der Waals surface area (Å²) in [6.45, 7) is 2.28. The van der Waals surface area contributed by atoms with Crippen molar-refractivity contribution in [2.24, 2.45) is 0 Å². The molecule has 0 atom stereocenters. The molecule has 0 spiro atoms. The van der Waals surface area contributed by atoms with Crippen LogP contribution in [0, 0.1) is 0 Å². The van der Waals surface area contributed by atoms with Crippen molar-refractivity contribution in [1.29, 1.82) is 0 Å². The molecule has 0 bridgehead atoms. The van der Waals surface area contributed by atoms with Gasteiger partial charge < -0.3 is 5.32 Å². The molecular formula is C12H11F3N4S. The number of aromatic nitrogens is 3. The highest BCUT2D eigenvalue weighted by atomic mass is 32.2. The molecule has 2 aromatic rings. The predicted octanol–water partition coefficient (Wildman–Crippen LogP) is 3.47. The largest absolute Gasteiger partial charge is 0.416 e. The second-order valence-electron chi connectivity index (χ2n) is 3.76. The van der Waals surface area contributed by atoms with Crippen LogP contribution in [0.1, 0.15) is 12.5 Å². The Hall–Kier alpha value is -1.83. The van der Waals surface area contributed by atoms with Gasteiger partial charge in [0.25, 0.3) is 0 Å². The van der Waals surface area contributed by atoms with Gasteiger partial charge in [0, 0.05) is 12.7 Å². The number of anilines is 1. The molecule has 0 aliphatic carbocycles. The molecule has 2 rings (SSSR count). The Balaban J connectivity index is 2.34. The van der Waals surface area contributed by atoms with E-state index < -0.39 is 11.7 Å². The Morgan fingerprint density at radius 3 is 2.65 bits per heavy atom. The predicted molar refractivity (Wildman–Crippen MR) is 69.6 cm³/mol. The minimum Gasteiger partial charge on any atom is -0.370 e. The summed E-state index contributed by atoms with van der Waals surface area (Å²) in [5.74, 6) is 0.193. The third kappa shape index (κ3) is 3.83. The number of hydrogen-bond donors (Lipinski definition) is 1. The average Bonchev–Trinajstić information content (AvgIpc) is 2.39. The third-order valence-electron chi connectivity index (χ3n) is 2.25. The molecule has 0 aliphatic heterocycles. The summed E-state index contributed by atoms with van der Waals surface area (Å²) < 4.78 is 38.5. The van der Waals surface area contributed by atoms with E-state index in [9.17, 15) is 13.2 Å². The van der Waals surface area contributed by atoms with Crippen LogP contribution >= 0.6 is 11.8 Å². The van der Waals surface area contributed by atoms with Gasteiger partial charge in [0.15, 0.2) is 0 Å². The fourth-order valence-electron chi connectivity index (χ4n) is 1.44. The van der Waals surface area contributed by atoms with Crippen LogP contribution in [0.4, 0.5) is 19.0 Å². The summed E-state index contributed by atoms with van der Waals surface area (Å²) in [6, 6.07) is 3.61. The van der Waals surface area contributed by atoms with E-state index in [-0.39, 0.29) is 10.8 Å². The number of alkyl halides is 3. The van der Waals surface area contributed by atoms with Gasteiger partial charge in [0.1, 0.15) is 22.2 Å². The van der Waals surface area contributed by atoms with Crippen LogP contribution in [0.25, 0.3) is 0 Å². The summed E-state index contributed by atoms with van der Waals surface area (Å²) in [4.78, 5) is 11.8. The second-order valence-corrected chi connectivity index (χ2v) is 4.80. The lowest BCUT2D eigenvalue weighted by atomic mass is 10.2. The number of nitrogens with zero attached hydrogens (tertiary/aromatic N) is 3. The van der Waals surface area contributed by atoms with Crippen LogP contribution in [0.5, 0.6) is 0 Å². The minimum atomic E-state index is -4.41. The van der Waals surface area contributed by atoms with Gasteiger partial charge in [0.05, 0.1) is 5.56 Å². The highest BCUT2D eigenvalue weighted by molar-refractivity contribution is 7.99. The third-order valence-corrected chi connectivity index (χ3v) is 3.12. The van der Waals surface area contributed by atoms with Gasteiger partial charge in [-0.15, -0.1) is 0 Å². The molecule has 106 valence electrons. The van der Waals surface area contributed by atoms with Crippen LogP contribution in [-0.4, -0.2) is 21.5 Å². The molecule has 0 aromatic carbocycles. The second kappa shape index (κ2) is 6.08. The van der Waals surface area contributed by atoms with Crippen LogP contribution in [0.3, 0.4) is 0 Å². The molecule has 0 aliphatic rings. The molecule has 0 amide bonds. The zero-order chi connectivity index (χ0) is 14.6. The average molecular weight is 300 g/mol. The van der Waals surface area contributed by atoms with Crippen LogP contribution in [0.2, 0.25) is 0 Å². The first kappa shape index (κ1) is 14.6. The van der Waals surface area contributed by atoms with Crippen molar-refractivity contribution < 1.29 is 13.2 Å². The highest BCUT2D eigenvalue weighted by Gasteiger charge is 2.31. The fraction of sp³-hybridized carbons (Fsp3) is 0.250. The number of halogens is 3. The molecule has 0 saturated heterocycles. The molecule has 2 aromatic heterocycles. The smallest absolute Gasteiger partial charge is 0.370 e. The summed E-state index contributed by atoms with van der Waals surface area (Å²) in [6.07, 6.45) is -1.55. The van der Waals surface area contributed by atoms with E-state index in [4.69, 9.17) is 0 Å². The topological polar surface area (TPSA) is 50.7 Å². The van der Waals surface area contributed by atoms with Gasteiger partial charge >= 0.3 is 6.18 Å². The molecule has 2 heterocycles. The van der Waals surface area contributed by atoms with E-state index in [1.807, 2.05) is 0 Å². The van der Waals surface area contributed by atoms with Crippen LogP contribution in [0.15, 0.2) is 40.8 Å². The lowest BCUT2D eigenvalue weighted by Gasteiger charge is -2.11. The Morgan fingerprint density at radius 2 is 2.05 bits per heavy atom. The summed E-state index contributed by atoms with van der Waals surface area (Å²) in [7, 11) is 0. The van der Waals surface area contributed by atoms with Crippen molar-refractivity contribution in [2.75, 3.05) is 11.9 Å². The summed E-state index contributed by atoms with van der Waals surface area (Å²) in [5.41, 5.74) is -0.736. The maximum absolute atomic E-state index is 12.8. The van der Waals surface area contributed by atoms with E-state index in [0.717, 1.165) is 23.9 Å². The molecule has 20 heavy (non-hydrogen) atoms. The van der Waals surface area contributed by atoms with E-state index in [2.05, 4.69) is 20.3 Å². The Morgan fingerprint density at radius 1 is 1.25 bits per heavy atom. The SMILES string of the molecule is CCNc1cc(C(F)(F)F)cc(Sc2ccncn2)n1. The van der Waals surface area contributed by atoms with Crippen molar-refractivity contribution in [1.82, 2.24) is 15.0 Å². The highest BCUT2D eigenvalue weighted by Crippen LogP contribution is 2.34. The van der Waals surface area contributed by atoms with Crippen LogP contribution < -0.4 is 5.32 Å². The van der Waals surface area contributed by atoms with Crippen molar-refractivity contribution in [3.8, 4) is 0 Å². The van der Waals surface area contributed by atoms with Crippen LogP contribution in [-0.2, 0) is 6.18 Å². The molecule has 4 nitrogen and oxygen atoms in total. The molecule has 0 radical (unpaired) electrons. The first-order valence-electron chi connectivity index (χ1n) is 5.76. The van der Waals surface area contributed by atoms with E-state index in [1.165, 1.54) is 12.5 Å². The number of rotatable bonds is 4. The molecule has 8 heteroatoms. The van der Waals surface area contributed by atoms with Gasteiger partial charge in [0.2, 0.25) is 0 Å². The minimum absolute atomic E-state index is 0.193. The molecule has 0 unspecified atom stereocenters. The lowest BCUT2D eigenvalue weighted by Crippen LogP contribution is -2.08. The monoisotopic (exact) mass is 300 g/mol. The molecule has 1 N–H and O–H groups in total. The maximum Gasteiger partial charge on any atom is 0.416 e. The summed E-state index contributed by atoms with van der Waals surface area (Å²) in [5, 5.41) is 3.56. The standard InChI is InChI=1S/C12H11F3N4S/c1-2-17-9-5-8(12(13,14)15)6-11(19-9)20-10-3-4-16-7-18-10/h3-7H,2H2,1H3,(H,17,19). The van der Waals surface area contributed by atoms with Crippen molar-refractivity contribution in [3.05, 3.63) is 36.3 Å². The lowest BCUT2D eigenvalue weighted by molar-refractivity contribution is -0.137. The van der Waals surface area contributed by atoms with E-state index in [0.29, 0.717) is 11.6 Å². The zero-order valence-corrected chi connectivity index (χ0v) is 11.3. The van der Waals surface area contributed by atoms with Gasteiger partial charge in [-0.3, -0.25) is 0 Å². The Labute approximate surface area is 117 Å². The molecule has 0 fully saturated rings. The van der Waals surface area contributed by atoms with Gasteiger partial charge in [-0.05, 0) is 36.9 Å². The van der Waals surface area contributed by atoms with E-state index in [1.54, 1.807) is 13.0 Å². The fourth-order valence-corrected chi connectivity index (χ4v) is 2.21. The Bertz CT molecular complexity index is 575. The quantitative estimate of drug-likeness (QED) is 0.876. The number of pyridine rings is 1. The molecular weight excluding hydrogens is 289 g/mol. The normalized spacial score (nSPS) is 11.4. The summed E-state index contributed by atoms with van der Waals surface area (Å²) >= 11 is 1.06.